The van der Waals surface area contributed by atoms with E-state index >= 15 is 0 Å². The SMILES string of the molecule is CCCn1cc(CC[C@@H](c2ccc(C)c(CN3C[C@@H](CC)Oc4ccccc4S3(=O)=O)c2)C(C)(C)C(=O)O)nn1. The van der Waals surface area contributed by atoms with Crippen LogP contribution in [-0.2, 0) is 34.3 Å². The standard InChI is InChI=1S/C30H40N4O5S/c1-6-16-33-19-24(31-32-33)14-15-26(30(4,5)29(35)36)22-13-12-21(3)23(17-22)18-34-20-25(7-2)39-27-10-8-9-11-28(27)40(34,37)38/h8-13,17,19,25-26H,6-7,14-16,18,20H2,1-5H3,(H,35,36)/t25-,26+/m1/s1. The summed E-state index contributed by atoms with van der Waals surface area (Å²) in [6.07, 6.45) is 4.41. The van der Waals surface area contributed by atoms with Gasteiger partial charge in [0.15, 0.2) is 0 Å². The van der Waals surface area contributed by atoms with Gasteiger partial charge < -0.3 is 9.84 Å². The van der Waals surface area contributed by atoms with Crippen molar-refractivity contribution in [1.29, 1.82) is 0 Å². The maximum absolute atomic E-state index is 13.7. The Morgan fingerprint density at radius 3 is 2.65 bits per heavy atom. The van der Waals surface area contributed by atoms with Crippen LogP contribution in [0.1, 0.15) is 75.3 Å². The molecule has 2 aromatic carbocycles. The third-order valence-corrected chi connectivity index (χ3v) is 9.75. The molecule has 0 bridgehead atoms. The monoisotopic (exact) mass is 568 g/mol. The predicted molar refractivity (Wildman–Crippen MR) is 153 cm³/mol. The average Bonchev–Trinajstić information content (AvgIpc) is 3.32. The van der Waals surface area contributed by atoms with E-state index in [9.17, 15) is 18.3 Å². The smallest absolute Gasteiger partial charge is 0.309 e. The number of sulfonamides is 1. The normalized spacial score (nSPS) is 18.0. The molecule has 0 radical (unpaired) electrons. The fraction of sp³-hybridized carbons (Fsp3) is 0.500. The first-order valence-electron chi connectivity index (χ1n) is 13.9. The van der Waals surface area contributed by atoms with Gasteiger partial charge in [-0.1, -0.05) is 49.4 Å². The van der Waals surface area contributed by atoms with E-state index in [1.165, 1.54) is 4.31 Å². The Morgan fingerprint density at radius 1 is 1.20 bits per heavy atom. The van der Waals surface area contributed by atoms with Gasteiger partial charge in [0.05, 0.1) is 17.7 Å². The molecule has 9 nitrogen and oxygen atoms in total. The lowest BCUT2D eigenvalue weighted by molar-refractivity contribution is -0.148. The zero-order valence-electron chi connectivity index (χ0n) is 24.0. The van der Waals surface area contributed by atoms with E-state index < -0.39 is 21.4 Å². The van der Waals surface area contributed by atoms with Crippen LogP contribution in [0.2, 0.25) is 0 Å². The van der Waals surface area contributed by atoms with Crippen LogP contribution in [0.25, 0.3) is 0 Å². The number of para-hydroxylation sites is 1. The molecule has 2 heterocycles. The zero-order valence-corrected chi connectivity index (χ0v) is 24.8. The molecule has 0 spiro atoms. The van der Waals surface area contributed by atoms with Gasteiger partial charge in [-0.3, -0.25) is 9.48 Å². The Bertz CT molecular complexity index is 1450. The van der Waals surface area contributed by atoms with Crippen LogP contribution >= 0.6 is 0 Å². The quantitative estimate of drug-likeness (QED) is 0.339. The second-order valence-electron chi connectivity index (χ2n) is 11.2. The third kappa shape index (κ3) is 6.23. The molecule has 4 rings (SSSR count). The summed E-state index contributed by atoms with van der Waals surface area (Å²) in [5.74, 6) is -0.834. The largest absolute Gasteiger partial charge is 0.488 e. The molecule has 0 saturated heterocycles. The minimum absolute atomic E-state index is 0.167. The van der Waals surface area contributed by atoms with Crippen LogP contribution in [0, 0.1) is 12.3 Å². The number of ether oxygens (including phenoxy) is 1. The van der Waals surface area contributed by atoms with Crippen molar-refractivity contribution in [2.75, 3.05) is 6.54 Å². The first kappa shape index (κ1) is 29.7. The van der Waals surface area contributed by atoms with Crippen molar-refractivity contribution in [2.24, 2.45) is 5.41 Å². The number of hydrogen-bond donors (Lipinski definition) is 1. The van der Waals surface area contributed by atoms with Crippen molar-refractivity contribution in [3.63, 3.8) is 0 Å². The lowest BCUT2D eigenvalue weighted by atomic mass is 9.72. The summed E-state index contributed by atoms with van der Waals surface area (Å²) in [4.78, 5) is 12.5. The molecule has 1 aliphatic rings. The lowest BCUT2D eigenvalue weighted by Gasteiger charge is -2.32. The highest BCUT2D eigenvalue weighted by molar-refractivity contribution is 7.89. The average molecular weight is 569 g/mol. The second kappa shape index (κ2) is 12.1. The number of carboxylic acid groups (broad SMARTS) is 1. The maximum atomic E-state index is 13.7. The molecule has 0 aliphatic carbocycles. The number of aliphatic carboxylic acids is 1. The fourth-order valence-corrected chi connectivity index (χ4v) is 6.82. The number of aryl methyl sites for hydroxylation is 3. The molecule has 0 saturated carbocycles. The zero-order chi connectivity index (χ0) is 29.1. The van der Waals surface area contributed by atoms with E-state index in [0.717, 1.165) is 35.3 Å². The van der Waals surface area contributed by atoms with E-state index in [0.29, 0.717) is 25.0 Å². The summed E-state index contributed by atoms with van der Waals surface area (Å²) in [5, 5.41) is 18.6. The van der Waals surface area contributed by atoms with Gasteiger partial charge in [-0.2, -0.15) is 4.31 Å². The number of aromatic nitrogens is 3. The van der Waals surface area contributed by atoms with Crippen molar-refractivity contribution in [3.8, 4) is 5.75 Å². The van der Waals surface area contributed by atoms with Gasteiger partial charge in [0.2, 0.25) is 10.0 Å². The van der Waals surface area contributed by atoms with E-state index in [4.69, 9.17) is 4.74 Å². The van der Waals surface area contributed by atoms with Gasteiger partial charge >= 0.3 is 5.97 Å². The van der Waals surface area contributed by atoms with Gasteiger partial charge in [0.25, 0.3) is 0 Å². The van der Waals surface area contributed by atoms with Crippen LogP contribution in [0.4, 0.5) is 0 Å². The van der Waals surface area contributed by atoms with E-state index in [1.807, 2.05) is 42.9 Å². The number of hydrogen-bond acceptors (Lipinski definition) is 6. The first-order valence-corrected chi connectivity index (χ1v) is 15.4. The Kier molecular flexibility index (Phi) is 8.99. The number of rotatable bonds is 11. The van der Waals surface area contributed by atoms with Gasteiger partial charge in [0, 0.05) is 19.3 Å². The highest BCUT2D eigenvalue weighted by Gasteiger charge is 2.38. The van der Waals surface area contributed by atoms with E-state index in [-0.39, 0.29) is 30.0 Å². The fourth-order valence-electron chi connectivity index (χ4n) is 5.25. The molecule has 2 atom stereocenters. The summed E-state index contributed by atoms with van der Waals surface area (Å²) >= 11 is 0. The van der Waals surface area contributed by atoms with Crippen LogP contribution in [0.15, 0.2) is 53.6 Å². The first-order chi connectivity index (χ1) is 19.0. The Hall–Kier alpha value is -3.24. The third-order valence-electron chi connectivity index (χ3n) is 7.90. The highest BCUT2D eigenvalue weighted by Crippen LogP contribution is 2.40. The molecule has 0 amide bonds. The topological polar surface area (TPSA) is 115 Å². The molecule has 3 aromatic rings. The van der Waals surface area contributed by atoms with Gasteiger partial charge in [-0.25, -0.2) is 8.42 Å². The molecule has 0 fully saturated rings. The predicted octanol–water partition coefficient (Wildman–Crippen LogP) is 5.19. The number of fused-ring (bicyclic) bond motifs is 1. The van der Waals surface area contributed by atoms with Crippen molar-refractivity contribution in [3.05, 3.63) is 71.0 Å². The minimum Gasteiger partial charge on any atom is -0.488 e. The molecule has 1 aromatic heterocycles. The molecular formula is C30H40N4O5S. The molecular weight excluding hydrogens is 528 g/mol. The van der Waals surface area contributed by atoms with Crippen LogP contribution in [0.3, 0.4) is 0 Å². The number of benzene rings is 2. The lowest BCUT2D eigenvalue weighted by Crippen LogP contribution is -2.36. The number of carboxylic acids is 1. The van der Waals surface area contributed by atoms with Gasteiger partial charge in [0.1, 0.15) is 16.7 Å². The van der Waals surface area contributed by atoms with Crippen LogP contribution < -0.4 is 4.74 Å². The summed E-state index contributed by atoms with van der Waals surface area (Å²) in [6, 6.07) is 12.7. The Labute approximate surface area is 237 Å². The summed E-state index contributed by atoms with van der Waals surface area (Å²) in [5.41, 5.74) is 2.42. The van der Waals surface area contributed by atoms with Gasteiger partial charge in [-0.05, 0) is 81.2 Å². The summed E-state index contributed by atoms with van der Waals surface area (Å²) < 4.78 is 36.8. The van der Waals surface area contributed by atoms with E-state index in [1.54, 1.807) is 38.1 Å². The van der Waals surface area contributed by atoms with Crippen molar-refractivity contribution < 1.29 is 23.1 Å². The summed E-state index contributed by atoms with van der Waals surface area (Å²) in [6.45, 7) is 10.7. The molecule has 1 N–H and O–H groups in total. The van der Waals surface area contributed by atoms with Crippen molar-refractivity contribution >= 4 is 16.0 Å². The second-order valence-corrected chi connectivity index (χ2v) is 13.1. The Morgan fingerprint density at radius 2 is 1.95 bits per heavy atom. The minimum atomic E-state index is -3.80. The van der Waals surface area contributed by atoms with Crippen molar-refractivity contribution in [1.82, 2.24) is 19.3 Å². The molecule has 40 heavy (non-hydrogen) atoms. The van der Waals surface area contributed by atoms with Crippen molar-refractivity contribution in [2.45, 2.75) is 90.3 Å². The molecule has 0 unspecified atom stereocenters. The summed E-state index contributed by atoms with van der Waals surface area (Å²) in [7, 11) is -3.80. The number of nitrogens with zero attached hydrogens (tertiary/aromatic N) is 4. The van der Waals surface area contributed by atoms with Crippen LogP contribution in [0.5, 0.6) is 5.75 Å². The molecule has 10 heteroatoms. The van der Waals surface area contributed by atoms with Crippen LogP contribution in [-0.4, -0.2) is 51.4 Å². The number of carbonyl (C=O) groups is 1. The molecule has 216 valence electrons. The Balaban J connectivity index is 1.67. The maximum Gasteiger partial charge on any atom is 0.309 e. The highest BCUT2D eigenvalue weighted by atomic mass is 32.2. The van der Waals surface area contributed by atoms with E-state index in [2.05, 4.69) is 17.2 Å². The molecule has 1 aliphatic heterocycles. The van der Waals surface area contributed by atoms with Gasteiger partial charge in [-0.15, -0.1) is 5.10 Å².